The minimum absolute atomic E-state index is 0.141. The second-order valence-corrected chi connectivity index (χ2v) is 9.63. The molecule has 0 saturated carbocycles. The van der Waals surface area contributed by atoms with Gasteiger partial charge in [-0.25, -0.2) is 9.97 Å². The van der Waals surface area contributed by atoms with Crippen molar-refractivity contribution in [3.63, 3.8) is 0 Å². The van der Waals surface area contributed by atoms with Crippen molar-refractivity contribution in [1.29, 1.82) is 0 Å². The predicted octanol–water partition coefficient (Wildman–Crippen LogP) is 5.70. The molecule has 6 heteroatoms. The Bertz CT molecular complexity index is 1450. The summed E-state index contributed by atoms with van der Waals surface area (Å²) in [5.41, 5.74) is 9.07. The molecule has 0 spiro atoms. The highest BCUT2D eigenvalue weighted by atomic mass is 32.2. The molecule has 0 radical (unpaired) electrons. The average Bonchev–Trinajstić information content (AvgIpc) is 2.84. The lowest BCUT2D eigenvalue weighted by Gasteiger charge is -2.31. The van der Waals surface area contributed by atoms with E-state index in [9.17, 15) is 4.79 Å². The number of fused-ring (bicyclic) bond motifs is 2. The molecule has 0 unspecified atom stereocenters. The SMILES string of the molecule is CCN1C/C(=C\c2ccc(C)cc2)c2nc3nc(SC)[nH]c(=O)c3c(-c3ccc(C)cc3)c2C1. The zero-order chi connectivity index (χ0) is 23.8. The van der Waals surface area contributed by atoms with Crippen LogP contribution in [0.2, 0.25) is 0 Å². The number of rotatable bonds is 4. The van der Waals surface area contributed by atoms with Gasteiger partial charge in [-0.05, 0) is 49.4 Å². The zero-order valence-corrected chi connectivity index (χ0v) is 20.8. The minimum Gasteiger partial charge on any atom is -0.301 e. The van der Waals surface area contributed by atoms with Crippen molar-refractivity contribution < 1.29 is 0 Å². The van der Waals surface area contributed by atoms with E-state index >= 15 is 0 Å². The van der Waals surface area contributed by atoms with E-state index < -0.39 is 0 Å². The second kappa shape index (κ2) is 9.20. The van der Waals surface area contributed by atoms with Gasteiger partial charge in [-0.2, -0.15) is 0 Å². The third-order valence-electron chi connectivity index (χ3n) is 6.41. The molecule has 1 N–H and O–H groups in total. The largest absolute Gasteiger partial charge is 0.301 e. The molecule has 5 rings (SSSR count). The zero-order valence-electron chi connectivity index (χ0n) is 20.0. The molecule has 0 saturated heterocycles. The highest BCUT2D eigenvalue weighted by Gasteiger charge is 2.27. The number of aryl methyl sites for hydroxylation is 2. The molecule has 3 heterocycles. The minimum atomic E-state index is -0.141. The van der Waals surface area contributed by atoms with E-state index in [4.69, 9.17) is 9.97 Å². The van der Waals surface area contributed by atoms with Crippen LogP contribution in [0.4, 0.5) is 0 Å². The standard InChI is InChI=1S/C28H28N4OS/c1-5-32-15-21(14-19-10-6-17(2)7-11-19)25-22(16-32)23(20-12-8-18(3)9-13-20)24-26(29-25)30-28(34-4)31-27(24)33/h6-14H,5,15-16H2,1-4H3,(H,29,30,31,33)/b21-14+. The number of thioether (sulfide) groups is 1. The Morgan fingerprint density at radius 1 is 1.00 bits per heavy atom. The Hall–Kier alpha value is -3.22. The van der Waals surface area contributed by atoms with Gasteiger partial charge < -0.3 is 4.98 Å². The summed E-state index contributed by atoms with van der Waals surface area (Å²) in [5.74, 6) is 0. The molecule has 5 nitrogen and oxygen atoms in total. The monoisotopic (exact) mass is 468 g/mol. The Balaban J connectivity index is 1.85. The lowest BCUT2D eigenvalue weighted by molar-refractivity contribution is 0.307. The second-order valence-electron chi connectivity index (χ2n) is 8.84. The van der Waals surface area contributed by atoms with Crippen molar-refractivity contribution in [3.8, 4) is 11.1 Å². The van der Waals surface area contributed by atoms with Crippen molar-refractivity contribution >= 4 is 34.4 Å². The first kappa shape index (κ1) is 22.6. The van der Waals surface area contributed by atoms with E-state index in [1.165, 1.54) is 22.9 Å². The van der Waals surface area contributed by atoms with Crippen LogP contribution in [0.1, 0.15) is 34.9 Å². The van der Waals surface area contributed by atoms with Crippen LogP contribution in [0.5, 0.6) is 0 Å². The molecule has 4 aromatic rings. The fourth-order valence-corrected chi connectivity index (χ4v) is 4.91. The number of nitrogens with one attached hydrogen (secondary N) is 1. The summed E-state index contributed by atoms with van der Waals surface area (Å²) in [5, 5.41) is 1.14. The van der Waals surface area contributed by atoms with Gasteiger partial charge in [0.15, 0.2) is 10.8 Å². The van der Waals surface area contributed by atoms with Gasteiger partial charge in [0.1, 0.15) is 0 Å². The molecule has 0 atom stereocenters. The van der Waals surface area contributed by atoms with E-state index in [1.54, 1.807) is 0 Å². The van der Waals surface area contributed by atoms with Gasteiger partial charge in [0, 0.05) is 24.2 Å². The lowest BCUT2D eigenvalue weighted by atomic mass is 9.89. The van der Waals surface area contributed by atoms with Crippen molar-refractivity contribution in [2.75, 3.05) is 19.3 Å². The first-order valence-electron chi connectivity index (χ1n) is 11.5. The lowest BCUT2D eigenvalue weighted by Crippen LogP contribution is -2.31. The van der Waals surface area contributed by atoms with Crippen molar-refractivity contribution in [2.45, 2.75) is 32.5 Å². The summed E-state index contributed by atoms with van der Waals surface area (Å²) >= 11 is 1.42. The highest BCUT2D eigenvalue weighted by Crippen LogP contribution is 2.38. The third kappa shape index (κ3) is 4.19. The third-order valence-corrected chi connectivity index (χ3v) is 6.99. The molecule has 0 bridgehead atoms. The van der Waals surface area contributed by atoms with E-state index in [1.807, 2.05) is 6.26 Å². The number of pyridine rings is 1. The van der Waals surface area contributed by atoms with Gasteiger partial charge in [-0.1, -0.05) is 78.3 Å². The number of H-pyrrole nitrogens is 1. The molecule has 1 aliphatic rings. The van der Waals surface area contributed by atoms with E-state index in [2.05, 4.69) is 85.3 Å². The van der Waals surface area contributed by atoms with E-state index in [0.29, 0.717) is 16.2 Å². The summed E-state index contributed by atoms with van der Waals surface area (Å²) in [6, 6.07) is 16.9. The summed E-state index contributed by atoms with van der Waals surface area (Å²) < 4.78 is 0. The molecule has 2 aromatic carbocycles. The van der Waals surface area contributed by atoms with Crippen molar-refractivity contribution in [2.24, 2.45) is 0 Å². The number of hydrogen-bond donors (Lipinski definition) is 1. The van der Waals surface area contributed by atoms with Gasteiger partial charge in [-0.15, -0.1) is 0 Å². The highest BCUT2D eigenvalue weighted by molar-refractivity contribution is 7.98. The maximum atomic E-state index is 13.3. The quantitative estimate of drug-likeness (QED) is 0.307. The Morgan fingerprint density at radius 3 is 2.32 bits per heavy atom. The maximum Gasteiger partial charge on any atom is 0.261 e. The molecular weight excluding hydrogens is 440 g/mol. The fraction of sp³-hybridized carbons (Fsp3) is 0.250. The van der Waals surface area contributed by atoms with E-state index in [-0.39, 0.29) is 5.56 Å². The Kier molecular flexibility index (Phi) is 6.11. The molecule has 0 aliphatic carbocycles. The van der Waals surface area contributed by atoms with Crippen LogP contribution in [0.25, 0.3) is 33.8 Å². The van der Waals surface area contributed by atoms with Gasteiger partial charge in [0.25, 0.3) is 5.56 Å². The number of aromatic nitrogens is 3. The number of hydrogen-bond acceptors (Lipinski definition) is 5. The number of aromatic amines is 1. The first-order chi connectivity index (χ1) is 16.5. The predicted molar refractivity (Wildman–Crippen MR) is 142 cm³/mol. The van der Waals surface area contributed by atoms with E-state index in [0.717, 1.165) is 53.2 Å². The maximum absolute atomic E-state index is 13.3. The Morgan fingerprint density at radius 2 is 1.68 bits per heavy atom. The van der Waals surface area contributed by atoms with Crippen LogP contribution in [0.15, 0.2) is 58.5 Å². The van der Waals surface area contributed by atoms with Gasteiger partial charge in [0.05, 0.1) is 11.1 Å². The summed E-state index contributed by atoms with van der Waals surface area (Å²) in [7, 11) is 0. The van der Waals surface area contributed by atoms with Crippen LogP contribution in [-0.2, 0) is 6.54 Å². The number of likely N-dealkylation sites (N-methyl/N-ethyl adjacent to an activating group) is 1. The van der Waals surface area contributed by atoms with Gasteiger partial charge in [0.2, 0.25) is 0 Å². The molecule has 172 valence electrons. The normalized spacial score (nSPS) is 15.1. The molecule has 2 aromatic heterocycles. The molecule has 34 heavy (non-hydrogen) atoms. The average molecular weight is 469 g/mol. The van der Waals surface area contributed by atoms with Crippen LogP contribution >= 0.6 is 11.8 Å². The molecular formula is C28H28N4OS. The van der Waals surface area contributed by atoms with Gasteiger partial charge >= 0.3 is 0 Å². The smallest absolute Gasteiger partial charge is 0.261 e. The summed E-state index contributed by atoms with van der Waals surface area (Å²) in [6.07, 6.45) is 4.13. The molecule has 0 amide bonds. The first-order valence-corrected chi connectivity index (χ1v) is 12.8. The molecule has 1 aliphatic heterocycles. The van der Waals surface area contributed by atoms with Crippen molar-refractivity contribution in [3.05, 3.63) is 86.8 Å². The van der Waals surface area contributed by atoms with Gasteiger partial charge in [-0.3, -0.25) is 9.69 Å². The summed E-state index contributed by atoms with van der Waals surface area (Å²) in [6.45, 7) is 8.81. The topological polar surface area (TPSA) is 61.9 Å². The Labute approximate surface area is 204 Å². The van der Waals surface area contributed by atoms with Crippen LogP contribution < -0.4 is 5.56 Å². The van der Waals surface area contributed by atoms with Crippen LogP contribution in [0, 0.1) is 13.8 Å². The fourth-order valence-electron chi connectivity index (χ4n) is 4.54. The van der Waals surface area contributed by atoms with Crippen LogP contribution in [-0.4, -0.2) is 39.2 Å². The number of nitrogens with zero attached hydrogens (tertiary/aromatic N) is 3. The number of benzene rings is 2. The molecule has 0 fully saturated rings. The van der Waals surface area contributed by atoms with Crippen LogP contribution in [0.3, 0.4) is 0 Å². The van der Waals surface area contributed by atoms with Crippen molar-refractivity contribution in [1.82, 2.24) is 19.9 Å². The summed E-state index contributed by atoms with van der Waals surface area (Å²) in [4.78, 5) is 28.3.